The first-order valence-electron chi connectivity index (χ1n) is 5.32. The van der Waals surface area contributed by atoms with E-state index >= 15 is 0 Å². The zero-order chi connectivity index (χ0) is 11.3. The molecule has 0 aromatic heterocycles. The Hall–Kier alpha value is -1.08. The second kappa shape index (κ2) is 5.72. The van der Waals surface area contributed by atoms with E-state index in [1.165, 1.54) is 25.7 Å². The summed E-state index contributed by atoms with van der Waals surface area (Å²) in [6, 6.07) is 2.09. The molecule has 1 fully saturated rings. The van der Waals surface area contributed by atoms with Crippen LogP contribution in [0, 0.1) is 11.3 Å². The molecule has 0 saturated carbocycles. The number of thiocarbonyl (C=S) groups is 1. The highest BCUT2D eigenvalue weighted by atomic mass is 32.1. The fraction of sp³-hybridized carbons (Fsp3) is 0.636. The van der Waals surface area contributed by atoms with Crippen molar-refractivity contribution in [2.45, 2.75) is 32.6 Å². The lowest BCUT2D eigenvalue weighted by Crippen LogP contribution is -2.26. The second-order valence-electron chi connectivity index (χ2n) is 3.84. The minimum atomic E-state index is 0.208. The predicted molar refractivity (Wildman–Crippen MR) is 65.1 cm³/mol. The summed E-state index contributed by atoms with van der Waals surface area (Å²) in [7, 11) is 0. The molecule has 0 aromatic rings. The van der Waals surface area contributed by atoms with Gasteiger partial charge in [-0.05, 0) is 19.8 Å². The van der Waals surface area contributed by atoms with E-state index in [-0.39, 0.29) is 4.99 Å². The van der Waals surface area contributed by atoms with Crippen molar-refractivity contribution in [2.75, 3.05) is 13.1 Å². The van der Waals surface area contributed by atoms with Crippen LogP contribution in [0.2, 0.25) is 0 Å². The smallest absolute Gasteiger partial charge is 0.116 e. The van der Waals surface area contributed by atoms with Gasteiger partial charge in [-0.15, -0.1) is 0 Å². The van der Waals surface area contributed by atoms with Crippen LogP contribution in [0.5, 0.6) is 0 Å². The van der Waals surface area contributed by atoms with E-state index in [2.05, 4.69) is 11.0 Å². The van der Waals surface area contributed by atoms with Crippen LogP contribution in [0.25, 0.3) is 0 Å². The topological polar surface area (TPSA) is 53.1 Å². The van der Waals surface area contributed by atoms with Gasteiger partial charge in [-0.2, -0.15) is 5.26 Å². The fourth-order valence-electron chi connectivity index (χ4n) is 1.88. The van der Waals surface area contributed by atoms with Crippen molar-refractivity contribution in [1.82, 2.24) is 4.90 Å². The van der Waals surface area contributed by atoms with Crippen molar-refractivity contribution < 1.29 is 0 Å². The molecule has 15 heavy (non-hydrogen) atoms. The van der Waals surface area contributed by atoms with Crippen molar-refractivity contribution in [3.63, 3.8) is 0 Å². The van der Waals surface area contributed by atoms with Crippen LogP contribution in [0.15, 0.2) is 11.3 Å². The maximum absolute atomic E-state index is 8.97. The molecule has 0 aliphatic carbocycles. The van der Waals surface area contributed by atoms with E-state index in [4.69, 9.17) is 23.2 Å². The number of nitrogens with two attached hydrogens (primary N) is 1. The van der Waals surface area contributed by atoms with Crippen molar-refractivity contribution in [3.05, 3.63) is 11.3 Å². The summed E-state index contributed by atoms with van der Waals surface area (Å²) < 4.78 is 0. The van der Waals surface area contributed by atoms with Gasteiger partial charge in [0, 0.05) is 18.8 Å². The minimum Gasteiger partial charge on any atom is -0.389 e. The lowest BCUT2D eigenvalue weighted by atomic mass is 10.2. The SMILES string of the molecule is C/C(=C(/C#N)C(N)=S)N1CCCCCC1. The molecule has 0 atom stereocenters. The molecule has 1 saturated heterocycles. The second-order valence-corrected chi connectivity index (χ2v) is 4.28. The molecule has 4 heteroatoms. The molecule has 1 aliphatic rings. The molecular weight excluding hydrogens is 206 g/mol. The Morgan fingerprint density at radius 1 is 1.27 bits per heavy atom. The van der Waals surface area contributed by atoms with Crippen LogP contribution in [-0.2, 0) is 0 Å². The third kappa shape index (κ3) is 3.21. The van der Waals surface area contributed by atoms with Crippen LogP contribution >= 0.6 is 12.2 Å². The summed E-state index contributed by atoms with van der Waals surface area (Å²) in [5.74, 6) is 0. The minimum absolute atomic E-state index is 0.208. The maximum atomic E-state index is 8.97. The summed E-state index contributed by atoms with van der Waals surface area (Å²) in [6.07, 6.45) is 4.93. The molecule has 0 bridgehead atoms. The Kier molecular flexibility index (Phi) is 4.57. The van der Waals surface area contributed by atoms with Gasteiger partial charge < -0.3 is 10.6 Å². The van der Waals surface area contributed by atoms with E-state index in [9.17, 15) is 0 Å². The first-order valence-corrected chi connectivity index (χ1v) is 5.73. The first-order chi connectivity index (χ1) is 7.16. The highest BCUT2D eigenvalue weighted by molar-refractivity contribution is 7.80. The van der Waals surface area contributed by atoms with Crippen LogP contribution in [0.3, 0.4) is 0 Å². The Bertz CT molecular complexity index is 306. The number of allylic oxidation sites excluding steroid dienone is 1. The molecular formula is C11H17N3S. The lowest BCUT2D eigenvalue weighted by Gasteiger charge is -2.24. The molecule has 0 radical (unpaired) electrons. The molecule has 0 aromatic carbocycles. The van der Waals surface area contributed by atoms with Gasteiger partial charge >= 0.3 is 0 Å². The molecule has 2 N–H and O–H groups in total. The molecule has 82 valence electrons. The quantitative estimate of drug-likeness (QED) is 0.441. The van der Waals surface area contributed by atoms with E-state index in [0.717, 1.165) is 18.8 Å². The highest BCUT2D eigenvalue weighted by Crippen LogP contribution is 2.17. The van der Waals surface area contributed by atoms with Crippen molar-refractivity contribution in [2.24, 2.45) is 5.73 Å². The van der Waals surface area contributed by atoms with Crippen LogP contribution in [-0.4, -0.2) is 23.0 Å². The van der Waals surface area contributed by atoms with Crippen LogP contribution in [0.4, 0.5) is 0 Å². The summed E-state index contributed by atoms with van der Waals surface area (Å²) in [5.41, 5.74) is 6.92. The number of nitrogens with zero attached hydrogens (tertiary/aromatic N) is 2. The fourth-order valence-corrected chi connectivity index (χ4v) is 2.07. The third-order valence-electron chi connectivity index (χ3n) is 2.80. The Morgan fingerprint density at radius 2 is 1.80 bits per heavy atom. The van der Waals surface area contributed by atoms with Gasteiger partial charge in [0.2, 0.25) is 0 Å². The van der Waals surface area contributed by atoms with Gasteiger partial charge in [0.15, 0.2) is 0 Å². The number of rotatable bonds is 2. The highest BCUT2D eigenvalue weighted by Gasteiger charge is 2.14. The molecule has 0 amide bonds. The van der Waals surface area contributed by atoms with Crippen molar-refractivity contribution in [3.8, 4) is 6.07 Å². The van der Waals surface area contributed by atoms with Crippen molar-refractivity contribution in [1.29, 1.82) is 5.26 Å². The van der Waals surface area contributed by atoms with E-state index in [0.29, 0.717) is 5.57 Å². The first kappa shape index (κ1) is 12.0. The number of hydrogen-bond acceptors (Lipinski definition) is 3. The Labute approximate surface area is 96.5 Å². The molecule has 0 spiro atoms. The summed E-state index contributed by atoms with van der Waals surface area (Å²) in [4.78, 5) is 2.43. The maximum Gasteiger partial charge on any atom is 0.116 e. The van der Waals surface area contributed by atoms with E-state index < -0.39 is 0 Å². The molecule has 0 unspecified atom stereocenters. The summed E-state index contributed by atoms with van der Waals surface area (Å²) >= 11 is 4.87. The van der Waals surface area contributed by atoms with Crippen LogP contribution < -0.4 is 5.73 Å². The number of likely N-dealkylation sites (tertiary alicyclic amines) is 1. The van der Waals surface area contributed by atoms with Gasteiger partial charge in [-0.3, -0.25) is 0 Å². The lowest BCUT2D eigenvalue weighted by molar-refractivity contribution is 0.358. The Morgan fingerprint density at radius 3 is 2.20 bits per heavy atom. The van der Waals surface area contributed by atoms with Gasteiger partial charge in [0.25, 0.3) is 0 Å². The summed E-state index contributed by atoms with van der Waals surface area (Å²) in [5, 5.41) is 8.97. The largest absolute Gasteiger partial charge is 0.389 e. The molecule has 1 heterocycles. The van der Waals surface area contributed by atoms with Crippen LogP contribution in [0.1, 0.15) is 32.6 Å². The number of hydrogen-bond donors (Lipinski definition) is 1. The normalized spacial score (nSPS) is 18.8. The predicted octanol–water partition coefficient (Wildman–Crippen LogP) is 1.95. The van der Waals surface area contributed by atoms with Gasteiger partial charge in [-0.1, -0.05) is 25.1 Å². The Balaban J connectivity index is 2.84. The third-order valence-corrected chi connectivity index (χ3v) is 3.00. The average molecular weight is 223 g/mol. The zero-order valence-corrected chi connectivity index (χ0v) is 9.94. The van der Waals surface area contributed by atoms with Crippen molar-refractivity contribution >= 4 is 17.2 Å². The zero-order valence-electron chi connectivity index (χ0n) is 9.12. The molecule has 3 nitrogen and oxygen atoms in total. The standard InChI is InChI=1S/C11H17N3S/c1-9(10(8-12)11(13)15)14-6-4-2-3-5-7-14/h2-7H2,1H3,(H2,13,15)/b10-9+. The summed E-state index contributed by atoms with van der Waals surface area (Å²) in [6.45, 7) is 3.96. The van der Waals surface area contributed by atoms with Gasteiger partial charge in [-0.25, -0.2) is 0 Å². The molecule has 1 aliphatic heterocycles. The van der Waals surface area contributed by atoms with E-state index in [1.807, 2.05) is 6.92 Å². The van der Waals surface area contributed by atoms with Gasteiger partial charge in [0.1, 0.15) is 16.6 Å². The molecule has 1 rings (SSSR count). The monoisotopic (exact) mass is 223 g/mol. The average Bonchev–Trinajstić information content (AvgIpc) is 2.45. The van der Waals surface area contributed by atoms with Gasteiger partial charge in [0.05, 0.1) is 0 Å². The van der Waals surface area contributed by atoms with E-state index in [1.54, 1.807) is 0 Å². The number of nitriles is 1.